The number of aliphatic hydroxyl groups is 9. The standard InChI is InChI=1S/C40H56O17.C13H24O7/c1-14-8-20-9-21-10-22(39(51-7)38(50)32(44)16(3)41)40(37(49)30(21)36(48)29(20)31(43)15(14)2)57-28-13-25(35(47)19(6)54-28)56-27-12-24(34(46)18(5)53-27)55-26-11-23(42)33(45)17(4)52-26;1-6-12(15)8(14)4-11(19-6)20-9-5-10(17-3)18-7(2)13(9)16/h8-9,16-19,22-28,32-35,39-48H,10-13H2,1-7H3;6-16H,4-5H2,1-3H3/t16-,17?,18?,19?,22+,23-,24-,25-,26+,27+,28+,32+,33-,34+,35-,39+,40+;6?,7?,8-,9-,10-,11+,12-,13-/m11/s1. The van der Waals surface area contributed by atoms with Crippen molar-refractivity contribution >= 4 is 22.3 Å². The summed E-state index contributed by atoms with van der Waals surface area (Å²) in [6.45, 7) is 12.9. The summed E-state index contributed by atoms with van der Waals surface area (Å²) in [5.41, 5.74) is 1.46. The summed E-state index contributed by atoms with van der Waals surface area (Å²) >= 11 is 0. The molecule has 77 heavy (non-hydrogen) atoms. The maximum atomic E-state index is 14.6. The molecule has 5 unspecified atom stereocenters. The minimum atomic E-state index is -1.85. The van der Waals surface area contributed by atoms with Crippen molar-refractivity contribution in [3.05, 3.63) is 34.4 Å². The first kappa shape index (κ1) is 61.5. The summed E-state index contributed by atoms with van der Waals surface area (Å²) in [5, 5.41) is 116. The summed E-state index contributed by atoms with van der Waals surface area (Å²) in [7, 11) is 2.76. The highest BCUT2D eigenvalue weighted by Gasteiger charge is 2.51. The Kier molecular flexibility index (Phi) is 20.5. The number of aryl methyl sites for hydroxylation is 1. The van der Waals surface area contributed by atoms with Crippen molar-refractivity contribution in [2.75, 3.05) is 14.2 Å². The molecule has 0 radical (unpaired) electrons. The molecule has 5 saturated heterocycles. The van der Waals surface area contributed by atoms with E-state index in [9.17, 15) is 65.8 Å². The number of Topliss-reactive ketones (excluding diaryl/α,β-unsaturated/α-hetero) is 2. The smallest absolute Gasteiger partial charge is 0.196 e. The van der Waals surface area contributed by atoms with Crippen molar-refractivity contribution in [3.63, 3.8) is 0 Å². The van der Waals surface area contributed by atoms with E-state index >= 15 is 0 Å². The molecule has 25 atom stereocenters. The highest BCUT2D eigenvalue weighted by molar-refractivity contribution is 6.11. The minimum absolute atomic E-state index is 0.00926. The summed E-state index contributed by atoms with van der Waals surface area (Å²) in [4.78, 5) is 28.1. The van der Waals surface area contributed by atoms with Crippen molar-refractivity contribution in [2.45, 2.75) is 241 Å². The Morgan fingerprint density at radius 2 is 1.01 bits per heavy atom. The van der Waals surface area contributed by atoms with Crippen LogP contribution in [0, 0.1) is 19.8 Å². The molecule has 0 spiro atoms. The van der Waals surface area contributed by atoms with Crippen LogP contribution in [0.25, 0.3) is 10.8 Å². The molecule has 0 aromatic heterocycles. The number of benzene rings is 2. The van der Waals surface area contributed by atoms with Crippen LogP contribution in [-0.2, 0) is 63.3 Å². The third kappa shape index (κ3) is 13.5. The van der Waals surface area contributed by atoms with Gasteiger partial charge in [0.1, 0.15) is 60.3 Å². The van der Waals surface area contributed by atoms with Crippen LogP contribution in [0.3, 0.4) is 0 Å². The van der Waals surface area contributed by atoms with Gasteiger partial charge in [-0.1, -0.05) is 6.07 Å². The lowest BCUT2D eigenvalue weighted by Crippen LogP contribution is -2.57. The number of carbonyl (C=O) groups is 2. The molecular weight excluding hydrogens is 1020 g/mol. The summed E-state index contributed by atoms with van der Waals surface area (Å²) in [6.07, 6.45) is -23.2. The van der Waals surface area contributed by atoms with Crippen LogP contribution < -0.4 is 0 Å². The molecule has 2 aromatic rings. The molecule has 1 aliphatic carbocycles. The molecule has 8 rings (SSSR count). The van der Waals surface area contributed by atoms with E-state index < -0.39 is 171 Å². The number of hydrogen-bond donors (Lipinski definition) is 11. The van der Waals surface area contributed by atoms with E-state index in [0.29, 0.717) is 22.9 Å². The molecule has 436 valence electrons. The van der Waals surface area contributed by atoms with Gasteiger partial charge in [-0.05, 0) is 90.0 Å². The predicted molar refractivity (Wildman–Crippen MR) is 265 cm³/mol. The van der Waals surface area contributed by atoms with Crippen molar-refractivity contribution in [1.82, 2.24) is 0 Å². The number of carbonyl (C=O) groups excluding carboxylic acids is 2. The number of fused-ring (bicyclic) bond motifs is 2. The van der Waals surface area contributed by atoms with Gasteiger partial charge in [-0.3, -0.25) is 9.59 Å². The van der Waals surface area contributed by atoms with Crippen LogP contribution in [0.5, 0.6) is 11.5 Å². The van der Waals surface area contributed by atoms with Crippen LogP contribution in [0.15, 0.2) is 12.1 Å². The number of rotatable bonds is 14. The van der Waals surface area contributed by atoms with Crippen LogP contribution in [0.1, 0.15) is 101 Å². The Morgan fingerprint density at radius 3 is 1.44 bits per heavy atom. The maximum Gasteiger partial charge on any atom is 0.196 e. The number of ketones is 2. The first-order chi connectivity index (χ1) is 36.2. The second-order valence-corrected chi connectivity index (χ2v) is 21.4. The fourth-order valence-corrected chi connectivity index (χ4v) is 11.0. The van der Waals surface area contributed by atoms with Gasteiger partial charge in [0.05, 0.1) is 78.1 Å². The summed E-state index contributed by atoms with van der Waals surface area (Å²) in [6, 6.07) is 3.40. The maximum absolute atomic E-state index is 14.6. The van der Waals surface area contributed by atoms with Crippen LogP contribution in [0.2, 0.25) is 0 Å². The number of ether oxygens (including phenoxy) is 11. The minimum Gasteiger partial charge on any atom is -0.507 e. The van der Waals surface area contributed by atoms with E-state index in [2.05, 4.69) is 0 Å². The molecule has 5 fully saturated rings. The molecule has 0 amide bonds. The van der Waals surface area contributed by atoms with E-state index in [-0.39, 0.29) is 48.8 Å². The lowest BCUT2D eigenvalue weighted by atomic mass is 9.74. The number of methoxy groups -OCH3 is 2. The molecule has 24 nitrogen and oxygen atoms in total. The van der Waals surface area contributed by atoms with E-state index in [1.54, 1.807) is 60.6 Å². The average molecular weight is 1100 g/mol. The highest BCUT2D eigenvalue weighted by Crippen LogP contribution is 2.46. The van der Waals surface area contributed by atoms with Crippen molar-refractivity contribution in [1.29, 1.82) is 0 Å². The topological polar surface area (TPSA) is 358 Å². The first-order valence-corrected chi connectivity index (χ1v) is 26.4. The number of phenols is 2. The fraction of sp³-hybridized carbons (Fsp3) is 0.774. The zero-order valence-corrected chi connectivity index (χ0v) is 45.1. The fourth-order valence-electron chi connectivity index (χ4n) is 11.0. The average Bonchev–Trinajstić information content (AvgIpc) is 3.44. The first-order valence-electron chi connectivity index (χ1n) is 26.4. The molecule has 24 heteroatoms. The van der Waals surface area contributed by atoms with Crippen molar-refractivity contribution < 1.29 is 118 Å². The largest absolute Gasteiger partial charge is 0.507 e. The Morgan fingerprint density at radius 1 is 0.597 bits per heavy atom. The van der Waals surface area contributed by atoms with Gasteiger partial charge in [-0.15, -0.1) is 0 Å². The Bertz CT molecular complexity index is 2290. The normalized spacial score (nSPS) is 40.9. The van der Waals surface area contributed by atoms with Gasteiger partial charge in [-0.25, -0.2) is 0 Å². The third-order valence-electron chi connectivity index (χ3n) is 15.8. The molecule has 5 heterocycles. The van der Waals surface area contributed by atoms with Gasteiger partial charge >= 0.3 is 0 Å². The second-order valence-electron chi connectivity index (χ2n) is 21.4. The molecule has 6 aliphatic rings. The highest BCUT2D eigenvalue weighted by atomic mass is 16.7. The lowest BCUT2D eigenvalue weighted by molar-refractivity contribution is -0.329. The van der Waals surface area contributed by atoms with Crippen molar-refractivity contribution in [3.8, 4) is 11.5 Å². The number of aromatic hydroxyl groups is 2. The molecular formula is C53H80O24. The van der Waals surface area contributed by atoms with E-state index in [1.807, 2.05) is 0 Å². The molecule has 5 aliphatic heterocycles. The number of phenolic OH excluding ortho intramolecular Hbond substituents is 2. The number of aliphatic hydroxyl groups excluding tert-OH is 9. The van der Waals surface area contributed by atoms with Crippen molar-refractivity contribution in [2.24, 2.45) is 5.92 Å². The van der Waals surface area contributed by atoms with Gasteiger partial charge in [-0.2, -0.15) is 0 Å². The lowest BCUT2D eigenvalue weighted by Gasteiger charge is -2.45. The molecule has 0 bridgehead atoms. The third-order valence-corrected chi connectivity index (χ3v) is 15.8. The SMILES string of the molecule is CO[C@H](C(=O)[C@@H](O)[C@@H](C)O)[C@@H]1Cc2cc3cc(C)c(C)c(O)c3c(O)c2C(=O)[C@H]1O[C@H]1C[C@@H](O[C@H]2C[C@@H](O[C@H]3C[C@@H](O)[C@H](O)C(C)O3)[C@@H](O)C(C)O2)[C@H](O)C(C)O1.CO[C@H]1C[C@@H](O[C@H]2C[C@@H](O)[C@H](O)C(C)O2)[C@H](O)C(C)O1. The van der Waals surface area contributed by atoms with Gasteiger partial charge in [0.25, 0.3) is 0 Å². The van der Waals surface area contributed by atoms with Crippen LogP contribution >= 0.6 is 0 Å². The zero-order valence-electron chi connectivity index (χ0n) is 45.1. The Labute approximate surface area is 446 Å². The zero-order chi connectivity index (χ0) is 56.6. The summed E-state index contributed by atoms with van der Waals surface area (Å²) in [5.74, 6) is -3.43. The van der Waals surface area contributed by atoms with Gasteiger partial charge in [0, 0.05) is 52.2 Å². The van der Waals surface area contributed by atoms with E-state index in [4.69, 9.17) is 52.1 Å². The van der Waals surface area contributed by atoms with Crippen LogP contribution in [-0.4, -0.2) is 229 Å². The van der Waals surface area contributed by atoms with Gasteiger partial charge in [0.15, 0.2) is 43.0 Å². The second kappa shape index (κ2) is 25.7. The quantitative estimate of drug-likeness (QED) is 0.118. The monoisotopic (exact) mass is 1100 g/mol. The Hall–Kier alpha value is -3.16. The van der Waals surface area contributed by atoms with E-state index in [1.165, 1.54) is 21.1 Å². The van der Waals surface area contributed by atoms with E-state index in [0.717, 1.165) is 5.56 Å². The van der Waals surface area contributed by atoms with Gasteiger partial charge < -0.3 is 108 Å². The van der Waals surface area contributed by atoms with Crippen LogP contribution in [0.4, 0.5) is 0 Å². The molecule has 11 N–H and O–H groups in total. The van der Waals surface area contributed by atoms with Gasteiger partial charge in [0.2, 0.25) is 0 Å². The molecule has 2 aromatic carbocycles. The summed E-state index contributed by atoms with van der Waals surface area (Å²) < 4.78 is 63.7. The predicted octanol–water partition coefficient (Wildman–Crippen LogP) is -0.0770. The molecule has 0 saturated carbocycles. The Balaban J connectivity index is 0.000000360. The number of hydrogen-bond acceptors (Lipinski definition) is 24.